The average Bonchev–Trinajstić information content (AvgIpc) is 2.58. The number of methoxy groups -OCH3 is 1. The third-order valence-corrected chi connectivity index (χ3v) is 4.94. The van der Waals surface area contributed by atoms with Gasteiger partial charge in [-0.1, -0.05) is 26.0 Å². The molecular weight excluding hydrogens is 360 g/mol. The number of amides is 1. The molecule has 1 rings (SSSR count). The van der Waals surface area contributed by atoms with Crippen LogP contribution in [0.1, 0.15) is 37.6 Å². The Labute approximate surface area is 153 Å². The lowest BCUT2D eigenvalue weighted by atomic mass is 10.0. The van der Waals surface area contributed by atoms with Gasteiger partial charge in [0, 0.05) is 5.56 Å². The van der Waals surface area contributed by atoms with Crippen molar-refractivity contribution in [1.29, 1.82) is 0 Å². The van der Waals surface area contributed by atoms with E-state index in [0.717, 1.165) is 0 Å². The monoisotopic (exact) mass is 384 g/mol. The molecule has 0 aliphatic heterocycles. The van der Waals surface area contributed by atoms with Gasteiger partial charge in [0.05, 0.1) is 18.6 Å². The Morgan fingerprint density at radius 3 is 2.15 bits per heavy atom. The van der Waals surface area contributed by atoms with Crippen molar-refractivity contribution in [2.45, 2.75) is 38.1 Å². The van der Waals surface area contributed by atoms with Crippen molar-refractivity contribution in [3.63, 3.8) is 0 Å². The van der Waals surface area contributed by atoms with Crippen LogP contribution in [-0.2, 0) is 24.3 Å². The van der Waals surface area contributed by atoms with Gasteiger partial charge in [-0.2, -0.15) is 0 Å². The minimum absolute atomic E-state index is 0.0676. The van der Waals surface area contributed by atoms with E-state index in [0.29, 0.717) is 12.0 Å². The van der Waals surface area contributed by atoms with Crippen LogP contribution in [0, 0.1) is 5.92 Å². The maximum atomic E-state index is 12.2. The number of ether oxygens (including phenoxy) is 1. The molecular formula is C17H24N2O6S. The Morgan fingerprint density at radius 2 is 1.69 bits per heavy atom. The molecule has 1 aromatic carbocycles. The highest BCUT2D eigenvalue weighted by molar-refractivity contribution is 7.89. The molecule has 9 heteroatoms. The van der Waals surface area contributed by atoms with E-state index in [9.17, 15) is 22.8 Å². The average molecular weight is 384 g/mol. The van der Waals surface area contributed by atoms with Gasteiger partial charge in [0.2, 0.25) is 15.9 Å². The predicted octanol–water partition coefficient (Wildman–Crippen LogP) is 0.871. The Morgan fingerprint density at radius 1 is 1.12 bits per heavy atom. The fraction of sp³-hybridized carbons (Fsp3) is 0.471. The van der Waals surface area contributed by atoms with Crippen LogP contribution in [0.2, 0.25) is 0 Å². The Balaban J connectivity index is 2.72. The van der Waals surface area contributed by atoms with Gasteiger partial charge in [0.1, 0.15) is 6.04 Å². The van der Waals surface area contributed by atoms with Crippen LogP contribution in [0.4, 0.5) is 0 Å². The normalized spacial score (nSPS) is 12.5. The van der Waals surface area contributed by atoms with Crippen molar-refractivity contribution in [3.05, 3.63) is 29.8 Å². The number of carbonyl (C=O) groups is 3. The highest BCUT2D eigenvalue weighted by Gasteiger charge is 2.23. The lowest BCUT2D eigenvalue weighted by Crippen LogP contribution is -2.46. The Kier molecular flexibility index (Phi) is 7.91. The molecule has 2 N–H and O–H groups in total. The van der Waals surface area contributed by atoms with Gasteiger partial charge in [-0.25, -0.2) is 17.9 Å². The number of benzene rings is 1. The molecule has 0 bridgehead atoms. The van der Waals surface area contributed by atoms with Crippen molar-refractivity contribution in [2.24, 2.45) is 5.92 Å². The molecule has 0 spiro atoms. The zero-order valence-electron chi connectivity index (χ0n) is 15.2. The summed E-state index contributed by atoms with van der Waals surface area (Å²) in [5, 5.41) is 2.46. The number of hydrogen-bond donors (Lipinski definition) is 2. The van der Waals surface area contributed by atoms with Crippen molar-refractivity contribution in [3.8, 4) is 0 Å². The fourth-order valence-electron chi connectivity index (χ4n) is 2.19. The first-order valence-corrected chi connectivity index (χ1v) is 9.53. The summed E-state index contributed by atoms with van der Waals surface area (Å²) in [5.74, 6) is -1.28. The molecule has 0 saturated heterocycles. The summed E-state index contributed by atoms with van der Waals surface area (Å²) in [6.45, 7) is 4.62. The Hall–Kier alpha value is -2.26. The highest BCUT2D eigenvalue weighted by atomic mass is 32.2. The van der Waals surface area contributed by atoms with Gasteiger partial charge < -0.3 is 10.1 Å². The van der Waals surface area contributed by atoms with Gasteiger partial charge in [-0.3, -0.25) is 9.59 Å². The molecule has 0 aliphatic rings. The number of sulfonamides is 1. The first-order valence-electron chi connectivity index (χ1n) is 8.04. The second kappa shape index (κ2) is 9.44. The number of hydrogen-bond acceptors (Lipinski definition) is 6. The number of carbonyl (C=O) groups excluding carboxylic acids is 3. The van der Waals surface area contributed by atoms with E-state index < -0.39 is 34.5 Å². The smallest absolute Gasteiger partial charge is 0.328 e. The van der Waals surface area contributed by atoms with Gasteiger partial charge >= 0.3 is 5.97 Å². The zero-order chi connectivity index (χ0) is 19.9. The summed E-state index contributed by atoms with van der Waals surface area (Å²) in [7, 11) is -2.70. The molecule has 0 saturated carbocycles. The summed E-state index contributed by atoms with van der Waals surface area (Å²) in [6.07, 6.45) is 0.373. The first kappa shape index (κ1) is 21.8. The van der Waals surface area contributed by atoms with Crippen molar-refractivity contribution >= 4 is 27.7 Å². The molecule has 1 atom stereocenters. The second-order valence-electron chi connectivity index (χ2n) is 6.18. The largest absolute Gasteiger partial charge is 0.467 e. The maximum Gasteiger partial charge on any atom is 0.328 e. The van der Waals surface area contributed by atoms with Gasteiger partial charge in [0.25, 0.3) is 0 Å². The minimum atomic E-state index is -3.92. The number of nitrogens with one attached hydrogen (secondary N) is 2. The maximum absolute atomic E-state index is 12.2. The molecule has 1 unspecified atom stereocenters. The summed E-state index contributed by atoms with van der Waals surface area (Å²) in [4.78, 5) is 34.8. The molecule has 1 aromatic rings. The predicted molar refractivity (Wildman–Crippen MR) is 95.0 cm³/mol. The summed E-state index contributed by atoms with van der Waals surface area (Å²) < 4.78 is 31.2. The highest BCUT2D eigenvalue weighted by Crippen LogP contribution is 2.11. The lowest BCUT2D eigenvalue weighted by molar-refractivity contribution is -0.145. The lowest BCUT2D eigenvalue weighted by Gasteiger charge is -2.18. The van der Waals surface area contributed by atoms with E-state index >= 15 is 0 Å². The van der Waals surface area contributed by atoms with Gasteiger partial charge in [-0.15, -0.1) is 0 Å². The van der Waals surface area contributed by atoms with Crippen LogP contribution in [0.15, 0.2) is 29.2 Å². The second-order valence-corrected chi connectivity index (χ2v) is 7.94. The molecule has 26 heavy (non-hydrogen) atoms. The first-order chi connectivity index (χ1) is 12.1. The van der Waals surface area contributed by atoms with Gasteiger partial charge in [0.15, 0.2) is 5.78 Å². The minimum Gasteiger partial charge on any atom is -0.467 e. The molecule has 0 aromatic heterocycles. The standard InChI is InChI=1S/C17H24N2O6S/c1-11(2)9-15(17(22)25-4)19-16(21)10-18-26(23,24)14-7-5-13(6-8-14)12(3)20/h5-8,11,15,18H,9-10H2,1-4H3,(H,19,21). The van der Waals surface area contributed by atoms with Crippen LogP contribution < -0.4 is 10.0 Å². The summed E-state index contributed by atoms with van der Waals surface area (Å²) >= 11 is 0. The van der Waals surface area contributed by atoms with E-state index in [1.807, 2.05) is 13.8 Å². The van der Waals surface area contributed by atoms with E-state index in [4.69, 9.17) is 0 Å². The number of ketones is 1. The molecule has 1 amide bonds. The third kappa shape index (κ3) is 6.57. The van der Waals surface area contributed by atoms with Crippen LogP contribution >= 0.6 is 0 Å². The fourth-order valence-corrected chi connectivity index (χ4v) is 3.17. The van der Waals surface area contributed by atoms with Crippen LogP contribution in [0.5, 0.6) is 0 Å². The van der Waals surface area contributed by atoms with Crippen molar-refractivity contribution in [1.82, 2.24) is 10.0 Å². The third-order valence-electron chi connectivity index (χ3n) is 3.52. The quantitative estimate of drug-likeness (QED) is 0.482. The molecule has 0 heterocycles. The van der Waals surface area contributed by atoms with Crippen LogP contribution in [0.3, 0.4) is 0 Å². The van der Waals surface area contributed by atoms with Crippen molar-refractivity contribution in [2.75, 3.05) is 13.7 Å². The zero-order valence-corrected chi connectivity index (χ0v) is 16.1. The topological polar surface area (TPSA) is 119 Å². The van der Waals surface area contributed by atoms with Crippen LogP contribution in [0.25, 0.3) is 0 Å². The summed E-state index contributed by atoms with van der Waals surface area (Å²) in [6, 6.07) is 4.52. The Bertz CT molecular complexity index is 756. The van der Waals surface area contributed by atoms with Crippen LogP contribution in [-0.4, -0.2) is 45.8 Å². The SMILES string of the molecule is COC(=O)C(CC(C)C)NC(=O)CNS(=O)(=O)c1ccc(C(C)=O)cc1. The van der Waals surface area contributed by atoms with Gasteiger partial charge in [-0.05, 0) is 31.4 Å². The van der Waals surface area contributed by atoms with E-state index in [-0.39, 0.29) is 16.6 Å². The van der Waals surface area contributed by atoms with E-state index in [1.165, 1.54) is 38.3 Å². The molecule has 144 valence electrons. The summed E-state index contributed by atoms with van der Waals surface area (Å²) in [5.41, 5.74) is 0.385. The number of Topliss-reactive ketones (excluding diaryl/α,β-unsaturated/α-hetero) is 1. The van der Waals surface area contributed by atoms with Crippen molar-refractivity contribution < 1.29 is 27.5 Å². The molecule has 8 nitrogen and oxygen atoms in total. The number of esters is 1. The molecule has 0 fully saturated rings. The van der Waals surface area contributed by atoms with E-state index in [2.05, 4.69) is 14.8 Å². The molecule has 0 radical (unpaired) electrons. The number of rotatable bonds is 9. The van der Waals surface area contributed by atoms with E-state index in [1.54, 1.807) is 0 Å². The molecule has 0 aliphatic carbocycles.